The van der Waals surface area contributed by atoms with Gasteiger partial charge >= 0.3 is 0 Å². The zero-order chi connectivity index (χ0) is 22.8. The Morgan fingerprint density at radius 2 is 1.50 bits per heavy atom. The first-order valence-electron chi connectivity index (χ1n) is 9.51. The summed E-state index contributed by atoms with van der Waals surface area (Å²) >= 11 is 12.0. The van der Waals surface area contributed by atoms with Gasteiger partial charge in [0.15, 0.2) is 0 Å². The largest absolute Gasteiger partial charge is 0.335 e. The molecule has 0 bridgehead atoms. The molecule has 0 saturated carbocycles. The molecule has 1 aliphatic heterocycles. The van der Waals surface area contributed by atoms with Crippen molar-refractivity contribution in [3.8, 4) is 5.69 Å². The zero-order valence-corrected chi connectivity index (χ0v) is 18.0. The van der Waals surface area contributed by atoms with Crippen molar-refractivity contribution in [3.05, 3.63) is 80.3 Å². The summed E-state index contributed by atoms with van der Waals surface area (Å²) in [5, 5.41) is 16.2. The van der Waals surface area contributed by atoms with Crippen molar-refractivity contribution in [1.29, 1.82) is 0 Å². The van der Waals surface area contributed by atoms with Crippen LogP contribution in [0.2, 0.25) is 10.0 Å². The minimum atomic E-state index is -0.569. The Bertz CT molecular complexity index is 1170. The molecular weight excluding hydrogens is 459 g/mol. The quantitative estimate of drug-likeness (QED) is 0.423. The van der Waals surface area contributed by atoms with Gasteiger partial charge in [-0.2, -0.15) is 5.10 Å². The molecule has 1 aromatic heterocycles. The Kier molecular flexibility index (Phi) is 6.06. The van der Waals surface area contributed by atoms with E-state index in [9.17, 15) is 19.7 Å². The van der Waals surface area contributed by atoms with Crippen LogP contribution in [0.5, 0.6) is 0 Å². The Morgan fingerprint density at radius 1 is 0.906 bits per heavy atom. The number of halogens is 2. The minimum absolute atomic E-state index is 0.182. The predicted molar refractivity (Wildman–Crippen MR) is 116 cm³/mol. The van der Waals surface area contributed by atoms with Gasteiger partial charge in [0.2, 0.25) is 0 Å². The molecule has 1 fully saturated rings. The third-order valence-electron chi connectivity index (χ3n) is 5.05. The molecular formula is C20H16Cl2N6O4. The summed E-state index contributed by atoms with van der Waals surface area (Å²) in [5.41, 5.74) is 0.510. The van der Waals surface area contributed by atoms with Gasteiger partial charge in [0, 0.05) is 53.4 Å². The number of carbonyl (C=O) groups is 2. The summed E-state index contributed by atoms with van der Waals surface area (Å²) in [5.74, 6) is -0.578. The SMILES string of the molecule is O=C(c1cc(Cl)cc(Cl)c1)N1CCN(C(=O)c2ccc(-n3cncn3)c([N+](=O)[O-])c2)CC1. The number of nitro groups is 1. The van der Waals surface area contributed by atoms with Gasteiger partial charge < -0.3 is 9.80 Å². The first-order chi connectivity index (χ1) is 15.3. The van der Waals surface area contributed by atoms with Crippen molar-refractivity contribution in [2.24, 2.45) is 0 Å². The van der Waals surface area contributed by atoms with Gasteiger partial charge in [0.25, 0.3) is 17.5 Å². The molecule has 164 valence electrons. The number of aromatic nitrogens is 3. The molecule has 0 radical (unpaired) electrons. The lowest BCUT2D eigenvalue weighted by molar-refractivity contribution is -0.384. The van der Waals surface area contributed by atoms with Crippen molar-refractivity contribution in [2.45, 2.75) is 0 Å². The lowest BCUT2D eigenvalue weighted by Gasteiger charge is -2.35. The molecule has 0 unspecified atom stereocenters. The zero-order valence-electron chi connectivity index (χ0n) is 16.5. The lowest BCUT2D eigenvalue weighted by atomic mass is 10.1. The minimum Gasteiger partial charge on any atom is -0.335 e. The molecule has 1 aliphatic rings. The average Bonchev–Trinajstić information content (AvgIpc) is 3.32. The average molecular weight is 475 g/mol. The summed E-state index contributed by atoms with van der Waals surface area (Å²) in [4.78, 5) is 43.6. The normalized spacial score (nSPS) is 13.8. The van der Waals surface area contributed by atoms with Crippen molar-refractivity contribution in [1.82, 2.24) is 24.6 Å². The van der Waals surface area contributed by atoms with E-state index < -0.39 is 4.92 Å². The highest BCUT2D eigenvalue weighted by atomic mass is 35.5. The van der Waals surface area contributed by atoms with Crippen LogP contribution < -0.4 is 0 Å². The highest BCUT2D eigenvalue weighted by Gasteiger charge is 2.27. The molecule has 2 amide bonds. The van der Waals surface area contributed by atoms with Crippen LogP contribution in [0.3, 0.4) is 0 Å². The van der Waals surface area contributed by atoms with Gasteiger partial charge in [-0.1, -0.05) is 23.2 Å². The van der Waals surface area contributed by atoms with E-state index in [1.54, 1.807) is 28.0 Å². The third kappa shape index (κ3) is 4.41. The van der Waals surface area contributed by atoms with E-state index in [0.717, 1.165) is 0 Å². The van der Waals surface area contributed by atoms with E-state index in [1.807, 2.05) is 0 Å². The summed E-state index contributed by atoms with van der Waals surface area (Å²) in [7, 11) is 0. The number of rotatable bonds is 4. The van der Waals surface area contributed by atoms with Gasteiger partial charge in [-0.15, -0.1) is 0 Å². The van der Waals surface area contributed by atoms with E-state index >= 15 is 0 Å². The number of carbonyl (C=O) groups excluding carboxylic acids is 2. The van der Waals surface area contributed by atoms with E-state index in [-0.39, 0.29) is 41.8 Å². The lowest BCUT2D eigenvalue weighted by Crippen LogP contribution is -2.50. The maximum atomic E-state index is 12.9. The first kappa shape index (κ1) is 21.7. The van der Waals surface area contributed by atoms with E-state index in [0.29, 0.717) is 28.7 Å². The van der Waals surface area contributed by atoms with Gasteiger partial charge in [-0.05, 0) is 30.3 Å². The van der Waals surface area contributed by atoms with Crippen LogP contribution in [0.15, 0.2) is 49.1 Å². The van der Waals surface area contributed by atoms with Crippen molar-refractivity contribution in [3.63, 3.8) is 0 Å². The number of nitro benzene ring substituents is 1. The topological polar surface area (TPSA) is 114 Å². The fourth-order valence-corrected chi connectivity index (χ4v) is 4.01. The summed E-state index contributed by atoms with van der Waals surface area (Å²) in [6, 6.07) is 8.83. The van der Waals surface area contributed by atoms with Gasteiger partial charge in [-0.3, -0.25) is 19.7 Å². The molecule has 3 aromatic rings. The van der Waals surface area contributed by atoms with Crippen LogP contribution in [0.4, 0.5) is 5.69 Å². The van der Waals surface area contributed by atoms with Crippen molar-refractivity contribution >= 4 is 40.7 Å². The Morgan fingerprint density at radius 3 is 2.03 bits per heavy atom. The van der Waals surface area contributed by atoms with Crippen LogP contribution >= 0.6 is 23.2 Å². The van der Waals surface area contributed by atoms with E-state index in [1.165, 1.54) is 35.5 Å². The molecule has 0 N–H and O–H groups in total. The highest BCUT2D eigenvalue weighted by Crippen LogP contribution is 2.25. The maximum Gasteiger partial charge on any atom is 0.295 e. The number of amides is 2. The van der Waals surface area contributed by atoms with Crippen LogP contribution in [0.1, 0.15) is 20.7 Å². The summed E-state index contributed by atoms with van der Waals surface area (Å²) < 4.78 is 1.26. The second-order valence-electron chi connectivity index (χ2n) is 7.04. The predicted octanol–water partition coefficient (Wildman–Crippen LogP) is 3.08. The third-order valence-corrected chi connectivity index (χ3v) is 5.48. The first-order valence-corrected chi connectivity index (χ1v) is 10.3. The summed E-state index contributed by atoms with van der Waals surface area (Å²) in [6.45, 7) is 1.21. The fraction of sp³-hybridized carbons (Fsp3) is 0.200. The number of benzene rings is 2. The number of hydrogen-bond acceptors (Lipinski definition) is 6. The monoisotopic (exact) mass is 474 g/mol. The molecule has 0 spiro atoms. The number of piperazine rings is 1. The number of hydrogen-bond donors (Lipinski definition) is 0. The Labute approximate surface area is 192 Å². The molecule has 2 aromatic carbocycles. The molecule has 2 heterocycles. The van der Waals surface area contributed by atoms with Crippen LogP contribution in [0, 0.1) is 10.1 Å². The maximum absolute atomic E-state index is 12.9. The fourth-order valence-electron chi connectivity index (χ4n) is 3.48. The van der Waals surface area contributed by atoms with Crippen molar-refractivity contribution in [2.75, 3.05) is 26.2 Å². The Balaban J connectivity index is 1.47. The molecule has 10 nitrogen and oxygen atoms in total. The second kappa shape index (κ2) is 8.93. The van der Waals surface area contributed by atoms with Gasteiger partial charge in [-0.25, -0.2) is 9.67 Å². The smallest absolute Gasteiger partial charge is 0.295 e. The molecule has 0 aliphatic carbocycles. The number of nitrogens with zero attached hydrogens (tertiary/aromatic N) is 6. The second-order valence-corrected chi connectivity index (χ2v) is 7.92. The van der Waals surface area contributed by atoms with Crippen LogP contribution in [-0.2, 0) is 0 Å². The Hall–Kier alpha value is -3.50. The standard InChI is InChI=1S/C20H16Cl2N6O4/c21-15-7-14(8-16(22)10-15)20(30)26-5-3-25(4-6-26)19(29)13-1-2-17(18(9-13)28(31)32)27-12-23-11-24-27/h1-2,7-12H,3-6H2. The van der Waals surface area contributed by atoms with E-state index in [4.69, 9.17) is 23.2 Å². The van der Waals surface area contributed by atoms with Crippen LogP contribution in [-0.4, -0.2) is 67.5 Å². The van der Waals surface area contributed by atoms with Crippen molar-refractivity contribution < 1.29 is 14.5 Å². The molecule has 0 atom stereocenters. The molecule has 1 saturated heterocycles. The molecule has 12 heteroatoms. The van der Waals surface area contributed by atoms with Crippen LogP contribution in [0.25, 0.3) is 5.69 Å². The van der Waals surface area contributed by atoms with E-state index in [2.05, 4.69) is 10.1 Å². The molecule has 4 rings (SSSR count). The van der Waals surface area contributed by atoms with Gasteiger partial charge in [0.1, 0.15) is 18.3 Å². The molecule has 32 heavy (non-hydrogen) atoms. The highest BCUT2D eigenvalue weighted by molar-refractivity contribution is 6.35. The van der Waals surface area contributed by atoms with Gasteiger partial charge in [0.05, 0.1) is 4.92 Å². The summed E-state index contributed by atoms with van der Waals surface area (Å²) in [6.07, 6.45) is 2.61.